The summed E-state index contributed by atoms with van der Waals surface area (Å²) in [5, 5.41) is 3.25. The minimum absolute atomic E-state index is 0.325. The van der Waals surface area contributed by atoms with Crippen molar-refractivity contribution in [2.75, 3.05) is 5.32 Å². The molecule has 0 aliphatic heterocycles. The first kappa shape index (κ1) is 18.7. The average molecular weight is 378 g/mol. The van der Waals surface area contributed by atoms with Gasteiger partial charge in [0.1, 0.15) is 5.03 Å². The number of amides is 1. The second-order valence-corrected chi connectivity index (χ2v) is 6.74. The van der Waals surface area contributed by atoms with Gasteiger partial charge in [0, 0.05) is 16.8 Å². The lowest BCUT2D eigenvalue weighted by Gasteiger charge is -2.14. The zero-order valence-corrected chi connectivity index (χ0v) is 15.5. The molecule has 0 aliphatic rings. The van der Waals surface area contributed by atoms with Gasteiger partial charge in [-0.1, -0.05) is 48.2 Å². The fourth-order valence-corrected chi connectivity index (χ4v) is 3.16. The van der Waals surface area contributed by atoms with Gasteiger partial charge in [-0.3, -0.25) is 4.79 Å². The molecular weight excluding hydrogens is 360 g/mol. The lowest BCUT2D eigenvalue weighted by atomic mass is 10.2. The molecule has 0 saturated heterocycles. The molecule has 1 aromatic heterocycles. The number of carbonyl (C=O) groups is 2. The van der Waals surface area contributed by atoms with E-state index in [1.807, 2.05) is 48.5 Å². The van der Waals surface area contributed by atoms with Gasteiger partial charge < -0.3 is 10.1 Å². The van der Waals surface area contributed by atoms with Crippen LogP contribution in [0.15, 0.2) is 88.9 Å². The van der Waals surface area contributed by atoms with Crippen molar-refractivity contribution < 1.29 is 14.3 Å². The molecule has 1 atom stereocenters. The van der Waals surface area contributed by atoms with Crippen molar-refractivity contribution in [2.24, 2.45) is 0 Å². The van der Waals surface area contributed by atoms with Gasteiger partial charge in [0.2, 0.25) is 0 Å². The molecule has 1 heterocycles. The van der Waals surface area contributed by atoms with Crippen molar-refractivity contribution in [3.8, 4) is 0 Å². The zero-order chi connectivity index (χ0) is 19.1. The number of anilines is 1. The number of hydrogen-bond donors (Lipinski definition) is 1. The van der Waals surface area contributed by atoms with Crippen LogP contribution in [0.25, 0.3) is 0 Å². The number of rotatable bonds is 6. The van der Waals surface area contributed by atoms with E-state index in [1.54, 1.807) is 30.5 Å². The van der Waals surface area contributed by atoms with Crippen LogP contribution in [0, 0.1) is 0 Å². The molecule has 0 radical (unpaired) electrons. The van der Waals surface area contributed by atoms with Gasteiger partial charge in [0.05, 0.1) is 5.56 Å². The van der Waals surface area contributed by atoms with E-state index in [0.29, 0.717) is 16.3 Å². The topological polar surface area (TPSA) is 68.3 Å². The molecule has 0 saturated carbocycles. The molecule has 3 aromatic rings. The summed E-state index contributed by atoms with van der Waals surface area (Å²) in [4.78, 5) is 30.0. The van der Waals surface area contributed by atoms with Gasteiger partial charge in [0.15, 0.2) is 6.10 Å². The monoisotopic (exact) mass is 378 g/mol. The first-order valence-electron chi connectivity index (χ1n) is 8.38. The van der Waals surface area contributed by atoms with Gasteiger partial charge >= 0.3 is 5.97 Å². The van der Waals surface area contributed by atoms with E-state index in [4.69, 9.17) is 4.74 Å². The molecule has 3 rings (SSSR count). The van der Waals surface area contributed by atoms with E-state index in [1.165, 1.54) is 18.7 Å². The Labute approximate surface area is 161 Å². The van der Waals surface area contributed by atoms with Gasteiger partial charge in [0.25, 0.3) is 5.91 Å². The highest BCUT2D eigenvalue weighted by Gasteiger charge is 2.21. The second-order valence-electron chi connectivity index (χ2n) is 5.67. The molecule has 0 bridgehead atoms. The number of aromatic nitrogens is 1. The number of hydrogen-bond acceptors (Lipinski definition) is 5. The predicted octanol–water partition coefficient (Wildman–Crippen LogP) is 4.42. The van der Waals surface area contributed by atoms with Gasteiger partial charge in [-0.05, 0) is 43.3 Å². The Hall–Kier alpha value is -3.12. The highest BCUT2D eigenvalue weighted by atomic mass is 32.2. The van der Waals surface area contributed by atoms with Crippen molar-refractivity contribution in [2.45, 2.75) is 22.9 Å². The Morgan fingerprint density at radius 3 is 2.33 bits per heavy atom. The molecule has 0 unspecified atom stereocenters. The molecule has 0 spiro atoms. The zero-order valence-electron chi connectivity index (χ0n) is 14.7. The lowest BCUT2D eigenvalue weighted by Crippen LogP contribution is -2.30. The molecular formula is C21H18N2O3S. The Morgan fingerprint density at radius 1 is 0.963 bits per heavy atom. The fraction of sp³-hybridized carbons (Fsp3) is 0.0952. The van der Waals surface area contributed by atoms with Crippen molar-refractivity contribution in [3.05, 3.63) is 84.6 Å². The maximum Gasteiger partial charge on any atom is 0.341 e. The van der Waals surface area contributed by atoms with Crippen LogP contribution in [-0.4, -0.2) is 23.0 Å². The summed E-state index contributed by atoms with van der Waals surface area (Å²) < 4.78 is 5.34. The Kier molecular flexibility index (Phi) is 6.22. The number of carbonyl (C=O) groups excluding carboxylic acids is 2. The molecule has 2 aromatic carbocycles. The summed E-state index contributed by atoms with van der Waals surface area (Å²) in [5.41, 5.74) is 0.970. The molecule has 6 heteroatoms. The number of ether oxygens (including phenoxy) is 1. The van der Waals surface area contributed by atoms with Crippen LogP contribution < -0.4 is 5.32 Å². The van der Waals surface area contributed by atoms with Crippen LogP contribution >= 0.6 is 11.8 Å². The molecule has 1 N–H and O–H groups in total. The minimum Gasteiger partial charge on any atom is -0.449 e. The number of pyridine rings is 1. The van der Waals surface area contributed by atoms with Crippen molar-refractivity contribution >= 4 is 29.3 Å². The quantitative estimate of drug-likeness (QED) is 0.643. The third-order valence-electron chi connectivity index (χ3n) is 3.64. The largest absolute Gasteiger partial charge is 0.449 e. The third kappa shape index (κ3) is 5.18. The highest BCUT2D eigenvalue weighted by Crippen LogP contribution is 2.28. The summed E-state index contributed by atoms with van der Waals surface area (Å²) in [6, 6.07) is 21.9. The summed E-state index contributed by atoms with van der Waals surface area (Å²) >= 11 is 1.37. The lowest BCUT2D eigenvalue weighted by molar-refractivity contribution is -0.123. The van der Waals surface area contributed by atoms with Crippen LogP contribution in [0.4, 0.5) is 5.69 Å². The van der Waals surface area contributed by atoms with E-state index >= 15 is 0 Å². The number of esters is 1. The van der Waals surface area contributed by atoms with Gasteiger partial charge in [-0.25, -0.2) is 9.78 Å². The molecule has 27 heavy (non-hydrogen) atoms. The maximum absolute atomic E-state index is 12.6. The average Bonchev–Trinajstić information content (AvgIpc) is 2.70. The van der Waals surface area contributed by atoms with Crippen LogP contribution in [0.2, 0.25) is 0 Å². The Bertz CT molecular complexity index is 917. The molecule has 1 amide bonds. The van der Waals surface area contributed by atoms with E-state index < -0.39 is 18.0 Å². The third-order valence-corrected chi connectivity index (χ3v) is 4.67. The van der Waals surface area contributed by atoms with Crippen molar-refractivity contribution in [3.63, 3.8) is 0 Å². The molecule has 0 fully saturated rings. The summed E-state index contributed by atoms with van der Waals surface area (Å²) in [6.45, 7) is 1.54. The van der Waals surface area contributed by atoms with Gasteiger partial charge in [-0.15, -0.1) is 0 Å². The van der Waals surface area contributed by atoms with Crippen LogP contribution in [0.3, 0.4) is 0 Å². The fourth-order valence-electron chi connectivity index (χ4n) is 2.27. The summed E-state index contributed by atoms with van der Waals surface area (Å²) in [7, 11) is 0. The van der Waals surface area contributed by atoms with E-state index in [2.05, 4.69) is 10.3 Å². The molecule has 136 valence electrons. The smallest absolute Gasteiger partial charge is 0.341 e. The van der Waals surface area contributed by atoms with E-state index in [-0.39, 0.29) is 0 Å². The normalized spacial score (nSPS) is 11.4. The van der Waals surface area contributed by atoms with Crippen molar-refractivity contribution in [1.29, 1.82) is 0 Å². The SMILES string of the molecule is C[C@@H](OC(=O)c1cccnc1Sc1ccccc1)C(=O)Nc1ccccc1. The van der Waals surface area contributed by atoms with E-state index in [0.717, 1.165) is 4.90 Å². The van der Waals surface area contributed by atoms with Crippen LogP contribution in [-0.2, 0) is 9.53 Å². The summed E-state index contributed by atoms with van der Waals surface area (Å²) in [6.07, 6.45) is 0.681. The number of nitrogens with zero attached hydrogens (tertiary/aromatic N) is 1. The Morgan fingerprint density at radius 2 is 1.63 bits per heavy atom. The molecule has 0 aliphatic carbocycles. The highest BCUT2D eigenvalue weighted by molar-refractivity contribution is 7.99. The van der Waals surface area contributed by atoms with Crippen LogP contribution in [0.1, 0.15) is 17.3 Å². The predicted molar refractivity (Wildman–Crippen MR) is 105 cm³/mol. The minimum atomic E-state index is -0.938. The first-order valence-corrected chi connectivity index (χ1v) is 9.20. The van der Waals surface area contributed by atoms with Crippen LogP contribution in [0.5, 0.6) is 0 Å². The number of para-hydroxylation sites is 1. The second kappa shape index (κ2) is 9.00. The number of benzene rings is 2. The first-order chi connectivity index (χ1) is 13.1. The van der Waals surface area contributed by atoms with E-state index in [9.17, 15) is 9.59 Å². The van der Waals surface area contributed by atoms with Crippen molar-refractivity contribution in [1.82, 2.24) is 4.98 Å². The molecule has 5 nitrogen and oxygen atoms in total. The Balaban J connectivity index is 1.68. The summed E-state index contributed by atoms with van der Waals surface area (Å²) in [5.74, 6) is -0.979. The maximum atomic E-state index is 12.6. The standard InChI is InChI=1S/C21H18N2O3S/c1-15(19(24)23-16-9-4-2-5-10-16)26-21(25)18-13-8-14-22-20(18)27-17-11-6-3-7-12-17/h2-15H,1H3,(H,23,24)/t15-/m1/s1. The van der Waals surface area contributed by atoms with Gasteiger partial charge in [-0.2, -0.15) is 0 Å². The number of nitrogens with one attached hydrogen (secondary N) is 1.